The number of phenols is 2. The molecule has 1 rings (SSSR count). The summed E-state index contributed by atoms with van der Waals surface area (Å²) >= 11 is 0. The minimum atomic E-state index is -0.391. The van der Waals surface area contributed by atoms with E-state index in [1.807, 2.05) is 6.07 Å². The molecule has 1 aromatic rings. The standard InChI is InChI=1S/C11H12N2O3/c1-7(4-5-12)13-11(16)8-2-3-9(14)10(15)6-8/h2-3,6-7,14-15H,4H2,1H3,(H,13,16). The summed E-state index contributed by atoms with van der Waals surface area (Å²) < 4.78 is 0. The first-order valence-electron chi connectivity index (χ1n) is 4.74. The molecule has 0 heterocycles. The van der Waals surface area contributed by atoms with Crippen LogP contribution < -0.4 is 5.32 Å². The molecule has 16 heavy (non-hydrogen) atoms. The fourth-order valence-electron chi connectivity index (χ4n) is 1.16. The molecule has 0 fully saturated rings. The van der Waals surface area contributed by atoms with Crippen LogP contribution in [0.15, 0.2) is 18.2 Å². The smallest absolute Gasteiger partial charge is 0.251 e. The van der Waals surface area contributed by atoms with Gasteiger partial charge >= 0.3 is 0 Å². The Labute approximate surface area is 92.9 Å². The van der Waals surface area contributed by atoms with Crippen LogP contribution >= 0.6 is 0 Å². The third-order valence-corrected chi connectivity index (χ3v) is 2.01. The largest absolute Gasteiger partial charge is 0.504 e. The molecule has 0 aliphatic rings. The van der Waals surface area contributed by atoms with E-state index in [0.717, 1.165) is 0 Å². The summed E-state index contributed by atoms with van der Waals surface area (Å²) in [5, 5.41) is 29.3. The maximum absolute atomic E-state index is 11.6. The molecule has 0 aliphatic carbocycles. The number of carbonyl (C=O) groups is 1. The first kappa shape index (κ1) is 11.9. The number of rotatable bonds is 3. The maximum atomic E-state index is 11.6. The lowest BCUT2D eigenvalue weighted by atomic mass is 10.1. The second-order valence-corrected chi connectivity index (χ2v) is 3.44. The van der Waals surface area contributed by atoms with E-state index in [9.17, 15) is 9.90 Å². The van der Waals surface area contributed by atoms with Gasteiger partial charge in [-0.1, -0.05) is 0 Å². The lowest BCUT2D eigenvalue weighted by molar-refractivity contribution is 0.0940. The highest BCUT2D eigenvalue weighted by Crippen LogP contribution is 2.24. The number of carbonyl (C=O) groups excluding carboxylic acids is 1. The molecular formula is C11H12N2O3. The van der Waals surface area contributed by atoms with Crippen LogP contribution in [-0.4, -0.2) is 22.2 Å². The molecule has 1 atom stereocenters. The van der Waals surface area contributed by atoms with Gasteiger partial charge in [0.2, 0.25) is 0 Å². The Kier molecular flexibility index (Phi) is 3.72. The number of nitrogens with zero attached hydrogens (tertiary/aromatic N) is 1. The van der Waals surface area contributed by atoms with Gasteiger partial charge in [0.1, 0.15) is 0 Å². The zero-order chi connectivity index (χ0) is 12.1. The topological polar surface area (TPSA) is 93.4 Å². The van der Waals surface area contributed by atoms with Gasteiger partial charge in [-0.05, 0) is 25.1 Å². The van der Waals surface area contributed by atoms with E-state index in [2.05, 4.69) is 5.32 Å². The minimum absolute atomic E-state index is 0.218. The van der Waals surface area contributed by atoms with Crippen molar-refractivity contribution in [1.82, 2.24) is 5.32 Å². The van der Waals surface area contributed by atoms with Crippen molar-refractivity contribution in [2.75, 3.05) is 0 Å². The zero-order valence-electron chi connectivity index (χ0n) is 8.77. The maximum Gasteiger partial charge on any atom is 0.251 e. The number of aromatic hydroxyl groups is 2. The first-order chi connectivity index (χ1) is 7.54. The van der Waals surface area contributed by atoms with Gasteiger partial charge in [0.05, 0.1) is 12.5 Å². The van der Waals surface area contributed by atoms with Crippen LogP contribution in [0.4, 0.5) is 0 Å². The normalized spacial score (nSPS) is 11.5. The number of nitrogens with one attached hydrogen (secondary N) is 1. The quantitative estimate of drug-likeness (QED) is 0.665. The van der Waals surface area contributed by atoms with Crippen molar-refractivity contribution in [2.45, 2.75) is 19.4 Å². The Morgan fingerprint density at radius 1 is 1.50 bits per heavy atom. The van der Waals surface area contributed by atoms with Crippen LogP contribution in [0.2, 0.25) is 0 Å². The van der Waals surface area contributed by atoms with Gasteiger partial charge in [0.15, 0.2) is 11.5 Å². The predicted molar refractivity (Wildman–Crippen MR) is 56.9 cm³/mol. The van der Waals surface area contributed by atoms with Crippen LogP contribution in [0, 0.1) is 11.3 Å². The molecule has 1 unspecified atom stereocenters. The van der Waals surface area contributed by atoms with Gasteiger partial charge in [-0.15, -0.1) is 0 Å². The van der Waals surface area contributed by atoms with E-state index in [4.69, 9.17) is 10.4 Å². The van der Waals surface area contributed by atoms with Gasteiger partial charge in [-0.3, -0.25) is 4.79 Å². The Balaban J connectivity index is 2.74. The Hall–Kier alpha value is -2.22. The molecule has 5 heteroatoms. The van der Waals surface area contributed by atoms with Crippen LogP contribution in [-0.2, 0) is 0 Å². The van der Waals surface area contributed by atoms with Crippen molar-refractivity contribution in [3.05, 3.63) is 23.8 Å². The molecule has 0 saturated heterocycles. The second-order valence-electron chi connectivity index (χ2n) is 3.44. The van der Waals surface area contributed by atoms with E-state index in [0.29, 0.717) is 0 Å². The van der Waals surface area contributed by atoms with Gasteiger partial charge in [0, 0.05) is 11.6 Å². The van der Waals surface area contributed by atoms with E-state index in [1.54, 1.807) is 6.92 Å². The van der Waals surface area contributed by atoms with Crippen molar-refractivity contribution in [3.8, 4) is 17.6 Å². The number of hydrogen-bond acceptors (Lipinski definition) is 4. The lowest BCUT2D eigenvalue weighted by Gasteiger charge is -2.10. The van der Waals surface area contributed by atoms with Crippen LogP contribution in [0.3, 0.4) is 0 Å². The molecule has 84 valence electrons. The van der Waals surface area contributed by atoms with Crippen LogP contribution in [0.1, 0.15) is 23.7 Å². The van der Waals surface area contributed by atoms with Crippen LogP contribution in [0.25, 0.3) is 0 Å². The second kappa shape index (κ2) is 5.03. The number of benzene rings is 1. The highest BCUT2D eigenvalue weighted by Gasteiger charge is 2.11. The summed E-state index contributed by atoms with van der Waals surface area (Å²) in [6.45, 7) is 1.71. The molecule has 0 aliphatic heterocycles. The predicted octanol–water partition coefficient (Wildman–Crippen LogP) is 1.13. The molecule has 3 N–H and O–H groups in total. The highest BCUT2D eigenvalue weighted by molar-refractivity contribution is 5.95. The summed E-state index contributed by atoms with van der Waals surface area (Å²) in [6, 6.07) is 5.48. The monoisotopic (exact) mass is 220 g/mol. The molecule has 5 nitrogen and oxygen atoms in total. The van der Waals surface area contributed by atoms with Gasteiger partial charge in [-0.25, -0.2) is 0 Å². The number of phenolic OH excluding ortho intramolecular Hbond substituents is 2. The van der Waals surface area contributed by atoms with Crippen LogP contribution in [0.5, 0.6) is 11.5 Å². The third-order valence-electron chi connectivity index (χ3n) is 2.01. The summed E-state index contributed by atoms with van der Waals surface area (Å²) in [4.78, 5) is 11.6. The SMILES string of the molecule is CC(CC#N)NC(=O)c1ccc(O)c(O)c1. The molecule has 0 bridgehead atoms. The van der Waals surface area contributed by atoms with Gasteiger partial charge in [0.25, 0.3) is 5.91 Å². The molecule has 0 spiro atoms. The zero-order valence-corrected chi connectivity index (χ0v) is 8.77. The van der Waals surface area contributed by atoms with Crippen molar-refractivity contribution in [3.63, 3.8) is 0 Å². The molecule has 1 aromatic carbocycles. The van der Waals surface area contributed by atoms with E-state index in [1.165, 1.54) is 18.2 Å². The average molecular weight is 220 g/mol. The Morgan fingerprint density at radius 2 is 2.19 bits per heavy atom. The molecular weight excluding hydrogens is 208 g/mol. The van der Waals surface area contributed by atoms with Crippen molar-refractivity contribution < 1.29 is 15.0 Å². The lowest BCUT2D eigenvalue weighted by Crippen LogP contribution is -2.32. The number of nitriles is 1. The third kappa shape index (κ3) is 2.89. The Morgan fingerprint density at radius 3 is 2.75 bits per heavy atom. The Bertz CT molecular complexity index is 437. The summed E-state index contributed by atoms with van der Waals surface area (Å²) in [5.41, 5.74) is 0.236. The van der Waals surface area contributed by atoms with Crippen molar-refractivity contribution >= 4 is 5.91 Å². The van der Waals surface area contributed by atoms with Crippen molar-refractivity contribution in [2.24, 2.45) is 0 Å². The van der Waals surface area contributed by atoms with Gasteiger partial charge in [-0.2, -0.15) is 5.26 Å². The summed E-state index contributed by atoms with van der Waals surface area (Å²) in [6.07, 6.45) is 0.218. The molecule has 1 amide bonds. The minimum Gasteiger partial charge on any atom is -0.504 e. The molecule has 0 radical (unpaired) electrons. The first-order valence-corrected chi connectivity index (χ1v) is 4.74. The number of amides is 1. The number of hydrogen-bond donors (Lipinski definition) is 3. The average Bonchev–Trinajstić information content (AvgIpc) is 2.22. The molecule has 0 saturated carbocycles. The fourth-order valence-corrected chi connectivity index (χ4v) is 1.16. The van der Waals surface area contributed by atoms with Gasteiger partial charge < -0.3 is 15.5 Å². The van der Waals surface area contributed by atoms with Crippen molar-refractivity contribution in [1.29, 1.82) is 5.26 Å². The van der Waals surface area contributed by atoms with E-state index < -0.39 is 5.91 Å². The van der Waals surface area contributed by atoms with E-state index >= 15 is 0 Å². The summed E-state index contributed by atoms with van der Waals surface area (Å²) in [5.74, 6) is -1.01. The highest BCUT2D eigenvalue weighted by atomic mass is 16.3. The van der Waals surface area contributed by atoms with E-state index in [-0.39, 0.29) is 29.5 Å². The summed E-state index contributed by atoms with van der Waals surface area (Å²) in [7, 11) is 0. The molecule has 0 aromatic heterocycles. The fraction of sp³-hybridized carbons (Fsp3) is 0.273.